The molecule has 0 saturated heterocycles. The van der Waals surface area contributed by atoms with E-state index in [4.69, 9.17) is 0 Å². The number of anilines is 2. The molecule has 7 heteroatoms. The maximum Gasteiger partial charge on any atom is 0.356 e. The number of esters is 1. The summed E-state index contributed by atoms with van der Waals surface area (Å²) in [6, 6.07) is 3.42. The Balaban J connectivity index is 2.26. The number of nitrogens with one attached hydrogen (secondary N) is 1. The van der Waals surface area contributed by atoms with Crippen molar-refractivity contribution in [2.75, 3.05) is 12.4 Å². The van der Waals surface area contributed by atoms with Crippen LogP contribution in [0.15, 0.2) is 18.3 Å². The zero-order chi connectivity index (χ0) is 14.5. The topological polar surface area (TPSA) is 81.9 Å². The standard InChI is InChI=1S/C13H17N5O2/c1-4-7-18-11(5-6-14-18)17-13-15-9(2)8-10(16-13)12(19)20-3/h5-6,8H,4,7H2,1-3H3,(H,15,16,17). The molecule has 7 nitrogen and oxygen atoms in total. The molecule has 20 heavy (non-hydrogen) atoms. The molecule has 0 amide bonds. The van der Waals surface area contributed by atoms with Gasteiger partial charge in [0.05, 0.1) is 13.3 Å². The number of hydrogen-bond donors (Lipinski definition) is 1. The summed E-state index contributed by atoms with van der Waals surface area (Å²) in [6.45, 7) is 4.66. The number of aryl methyl sites for hydroxylation is 2. The molecule has 1 N–H and O–H groups in total. The number of rotatable bonds is 5. The van der Waals surface area contributed by atoms with Crippen molar-refractivity contribution < 1.29 is 9.53 Å². The van der Waals surface area contributed by atoms with Gasteiger partial charge in [-0.05, 0) is 19.4 Å². The average Bonchev–Trinajstić information content (AvgIpc) is 2.85. The highest BCUT2D eigenvalue weighted by Gasteiger charge is 2.11. The molecule has 0 fully saturated rings. The molecule has 106 valence electrons. The van der Waals surface area contributed by atoms with Gasteiger partial charge in [-0.15, -0.1) is 0 Å². The van der Waals surface area contributed by atoms with Gasteiger partial charge in [0, 0.05) is 18.3 Å². The Morgan fingerprint density at radius 2 is 2.25 bits per heavy atom. The van der Waals surface area contributed by atoms with Crippen molar-refractivity contribution in [3.63, 3.8) is 0 Å². The van der Waals surface area contributed by atoms with Crippen LogP contribution in [0.5, 0.6) is 0 Å². The molecule has 0 saturated carbocycles. The van der Waals surface area contributed by atoms with Gasteiger partial charge in [-0.25, -0.2) is 19.4 Å². The Labute approximate surface area is 117 Å². The predicted octanol–water partition coefficient (Wildman–Crippen LogP) is 1.92. The lowest BCUT2D eigenvalue weighted by molar-refractivity contribution is 0.0594. The Morgan fingerprint density at radius 3 is 2.95 bits per heavy atom. The first-order valence-corrected chi connectivity index (χ1v) is 6.37. The third kappa shape index (κ3) is 3.11. The van der Waals surface area contributed by atoms with Crippen LogP contribution in [0.1, 0.15) is 29.5 Å². The van der Waals surface area contributed by atoms with Crippen LogP contribution in [0.4, 0.5) is 11.8 Å². The van der Waals surface area contributed by atoms with Crippen molar-refractivity contribution in [2.45, 2.75) is 26.8 Å². The number of hydrogen-bond acceptors (Lipinski definition) is 6. The van der Waals surface area contributed by atoms with Crippen LogP contribution < -0.4 is 5.32 Å². The van der Waals surface area contributed by atoms with E-state index in [-0.39, 0.29) is 5.69 Å². The highest BCUT2D eigenvalue weighted by molar-refractivity contribution is 5.87. The minimum atomic E-state index is -0.486. The van der Waals surface area contributed by atoms with Crippen LogP contribution >= 0.6 is 0 Å². The maximum absolute atomic E-state index is 11.5. The van der Waals surface area contributed by atoms with Crippen LogP contribution in [0, 0.1) is 6.92 Å². The summed E-state index contributed by atoms with van der Waals surface area (Å²) in [5.74, 6) is 0.650. The van der Waals surface area contributed by atoms with Crippen molar-refractivity contribution in [1.29, 1.82) is 0 Å². The molecule has 0 unspecified atom stereocenters. The summed E-state index contributed by atoms with van der Waals surface area (Å²) < 4.78 is 6.49. The first kappa shape index (κ1) is 14.0. The van der Waals surface area contributed by atoms with Crippen LogP contribution in [-0.4, -0.2) is 32.8 Å². The van der Waals surface area contributed by atoms with E-state index in [1.54, 1.807) is 19.2 Å². The lowest BCUT2D eigenvalue weighted by atomic mass is 10.3. The lowest BCUT2D eigenvalue weighted by Crippen LogP contribution is -2.10. The van der Waals surface area contributed by atoms with E-state index >= 15 is 0 Å². The van der Waals surface area contributed by atoms with Gasteiger partial charge in [0.25, 0.3) is 0 Å². The molecule has 2 aromatic heterocycles. The molecular weight excluding hydrogens is 258 g/mol. The normalized spacial score (nSPS) is 10.3. The molecule has 2 aromatic rings. The first-order valence-electron chi connectivity index (χ1n) is 6.37. The van der Waals surface area contributed by atoms with E-state index in [0.717, 1.165) is 18.8 Å². The smallest absolute Gasteiger partial charge is 0.356 e. The number of aromatic nitrogens is 4. The van der Waals surface area contributed by atoms with Gasteiger partial charge in [0.1, 0.15) is 5.82 Å². The van der Waals surface area contributed by atoms with E-state index in [9.17, 15) is 4.79 Å². The third-order valence-corrected chi connectivity index (χ3v) is 2.64. The molecule has 0 aromatic carbocycles. The molecule has 0 aliphatic carbocycles. The summed E-state index contributed by atoms with van der Waals surface area (Å²) in [6.07, 6.45) is 2.67. The number of nitrogens with zero attached hydrogens (tertiary/aromatic N) is 4. The molecule has 2 rings (SSSR count). The molecule has 0 bridgehead atoms. The van der Waals surface area contributed by atoms with Crippen LogP contribution in [0.25, 0.3) is 0 Å². The van der Waals surface area contributed by atoms with Crippen LogP contribution in [0.3, 0.4) is 0 Å². The Bertz CT molecular complexity index is 609. The first-order chi connectivity index (χ1) is 9.63. The number of carbonyl (C=O) groups excluding carboxylic acids is 1. The van der Waals surface area contributed by atoms with E-state index in [1.807, 2.05) is 10.7 Å². The summed E-state index contributed by atoms with van der Waals surface area (Å²) in [5, 5.41) is 7.27. The van der Waals surface area contributed by atoms with Gasteiger partial charge >= 0.3 is 5.97 Å². The van der Waals surface area contributed by atoms with Gasteiger partial charge in [0.15, 0.2) is 5.69 Å². The molecule has 0 atom stereocenters. The van der Waals surface area contributed by atoms with Gasteiger partial charge in [0.2, 0.25) is 5.95 Å². The third-order valence-electron chi connectivity index (χ3n) is 2.64. The predicted molar refractivity (Wildman–Crippen MR) is 73.9 cm³/mol. The minimum absolute atomic E-state index is 0.226. The summed E-state index contributed by atoms with van der Waals surface area (Å²) in [4.78, 5) is 19.9. The second kappa shape index (κ2) is 6.14. The van der Waals surface area contributed by atoms with Crippen molar-refractivity contribution in [3.05, 3.63) is 29.7 Å². The fourth-order valence-electron chi connectivity index (χ4n) is 1.78. The van der Waals surface area contributed by atoms with Crippen LogP contribution in [-0.2, 0) is 11.3 Å². The quantitative estimate of drug-likeness (QED) is 0.839. The molecular formula is C13H17N5O2. The highest BCUT2D eigenvalue weighted by Crippen LogP contribution is 2.14. The van der Waals surface area contributed by atoms with Crippen molar-refractivity contribution in [1.82, 2.24) is 19.7 Å². The molecule has 0 spiro atoms. The average molecular weight is 275 g/mol. The van der Waals surface area contributed by atoms with E-state index in [1.165, 1.54) is 7.11 Å². The summed E-state index contributed by atoms with van der Waals surface area (Å²) in [5.41, 5.74) is 0.911. The largest absolute Gasteiger partial charge is 0.464 e. The Morgan fingerprint density at radius 1 is 1.45 bits per heavy atom. The van der Waals surface area contributed by atoms with Gasteiger partial charge in [-0.1, -0.05) is 6.92 Å². The fraction of sp³-hybridized carbons (Fsp3) is 0.385. The second-order valence-corrected chi connectivity index (χ2v) is 4.27. The SMILES string of the molecule is CCCn1nccc1Nc1nc(C)cc(C(=O)OC)n1. The zero-order valence-electron chi connectivity index (χ0n) is 11.8. The maximum atomic E-state index is 11.5. The van der Waals surface area contributed by atoms with E-state index < -0.39 is 5.97 Å². The fourth-order valence-corrected chi connectivity index (χ4v) is 1.78. The van der Waals surface area contributed by atoms with E-state index in [2.05, 4.69) is 32.0 Å². The van der Waals surface area contributed by atoms with Gasteiger partial charge in [-0.2, -0.15) is 5.10 Å². The summed E-state index contributed by atoms with van der Waals surface area (Å²) in [7, 11) is 1.32. The summed E-state index contributed by atoms with van der Waals surface area (Å²) >= 11 is 0. The monoisotopic (exact) mass is 275 g/mol. The highest BCUT2D eigenvalue weighted by atomic mass is 16.5. The number of methoxy groups -OCH3 is 1. The Hall–Kier alpha value is -2.44. The van der Waals surface area contributed by atoms with Crippen molar-refractivity contribution >= 4 is 17.7 Å². The van der Waals surface area contributed by atoms with Crippen molar-refractivity contribution in [2.24, 2.45) is 0 Å². The number of carbonyl (C=O) groups is 1. The van der Waals surface area contributed by atoms with Gasteiger partial charge < -0.3 is 10.1 Å². The molecule has 0 aliphatic rings. The molecule has 0 radical (unpaired) electrons. The Kier molecular flexibility index (Phi) is 4.29. The second-order valence-electron chi connectivity index (χ2n) is 4.27. The minimum Gasteiger partial charge on any atom is -0.464 e. The van der Waals surface area contributed by atoms with Gasteiger partial charge in [-0.3, -0.25) is 0 Å². The molecule has 0 aliphatic heterocycles. The van der Waals surface area contributed by atoms with E-state index in [0.29, 0.717) is 11.6 Å². The van der Waals surface area contributed by atoms with Crippen molar-refractivity contribution in [3.8, 4) is 0 Å². The number of ether oxygens (including phenoxy) is 1. The van der Waals surface area contributed by atoms with Crippen LogP contribution in [0.2, 0.25) is 0 Å². The lowest BCUT2D eigenvalue weighted by Gasteiger charge is -2.09. The zero-order valence-corrected chi connectivity index (χ0v) is 11.8. The molecule has 2 heterocycles.